The van der Waals surface area contributed by atoms with Crippen molar-refractivity contribution in [2.45, 2.75) is 24.7 Å². The van der Waals surface area contributed by atoms with Crippen molar-refractivity contribution in [2.24, 2.45) is 4.99 Å². The summed E-state index contributed by atoms with van der Waals surface area (Å²) in [7, 11) is 1.78. The zero-order valence-electron chi connectivity index (χ0n) is 16.4. The first-order valence-electron chi connectivity index (χ1n) is 9.86. The Bertz CT molecular complexity index is 674. The third-order valence-corrected chi connectivity index (χ3v) is 6.06. The maximum absolute atomic E-state index is 13.6. The van der Waals surface area contributed by atoms with E-state index in [9.17, 15) is 9.18 Å². The van der Waals surface area contributed by atoms with Crippen LogP contribution in [0.2, 0.25) is 0 Å². The van der Waals surface area contributed by atoms with Gasteiger partial charge in [0.15, 0.2) is 5.96 Å². The molecule has 3 rings (SSSR count). The third kappa shape index (κ3) is 5.61. The molecule has 8 heteroatoms. The van der Waals surface area contributed by atoms with Crippen molar-refractivity contribution in [1.82, 2.24) is 15.1 Å². The van der Waals surface area contributed by atoms with E-state index in [4.69, 9.17) is 4.74 Å². The Morgan fingerprint density at radius 3 is 2.71 bits per heavy atom. The highest BCUT2D eigenvalue weighted by Crippen LogP contribution is 2.16. The summed E-state index contributed by atoms with van der Waals surface area (Å²) in [6.07, 6.45) is 1.57. The number of hydrogen-bond donors (Lipinski definition) is 1. The lowest BCUT2D eigenvalue weighted by Gasteiger charge is -2.37. The van der Waals surface area contributed by atoms with Gasteiger partial charge in [-0.2, -0.15) is 11.8 Å². The van der Waals surface area contributed by atoms with Crippen molar-refractivity contribution in [3.63, 3.8) is 0 Å². The second-order valence-corrected chi connectivity index (χ2v) is 8.04. The Balaban J connectivity index is 1.35. The van der Waals surface area contributed by atoms with Crippen molar-refractivity contribution >= 4 is 23.6 Å². The Morgan fingerprint density at radius 2 is 2.04 bits per heavy atom. The molecule has 0 aliphatic carbocycles. The smallest absolute Gasteiger partial charge is 0.251 e. The van der Waals surface area contributed by atoms with Gasteiger partial charge in [-0.15, -0.1) is 0 Å². The van der Waals surface area contributed by atoms with Crippen molar-refractivity contribution in [3.8, 4) is 0 Å². The van der Waals surface area contributed by atoms with Gasteiger partial charge in [-0.1, -0.05) is 18.2 Å². The number of nitrogens with one attached hydrogen (secondary N) is 1. The quantitative estimate of drug-likeness (QED) is 0.443. The fourth-order valence-electron chi connectivity index (χ4n) is 3.48. The number of halogens is 1. The van der Waals surface area contributed by atoms with Crippen LogP contribution < -0.4 is 5.32 Å². The molecule has 1 atom stereocenters. The number of piperazine rings is 1. The first-order valence-corrected chi connectivity index (χ1v) is 11.0. The first-order chi connectivity index (χ1) is 13.7. The monoisotopic (exact) mass is 408 g/mol. The summed E-state index contributed by atoms with van der Waals surface area (Å²) in [6, 6.07) is 6.90. The minimum absolute atomic E-state index is 0.129. The molecule has 1 aromatic carbocycles. The van der Waals surface area contributed by atoms with E-state index in [0.717, 1.165) is 49.8 Å². The van der Waals surface area contributed by atoms with Crippen LogP contribution in [0.3, 0.4) is 0 Å². The molecule has 0 radical (unpaired) electrons. The van der Waals surface area contributed by atoms with Crippen LogP contribution in [0, 0.1) is 5.82 Å². The summed E-state index contributed by atoms with van der Waals surface area (Å²) in [5, 5.41) is 3.37. The number of hydrogen-bond acceptors (Lipinski definition) is 4. The molecule has 2 aliphatic heterocycles. The fraction of sp³-hybridized carbons (Fsp3) is 0.600. The highest BCUT2D eigenvalue weighted by molar-refractivity contribution is 7.98. The molecule has 28 heavy (non-hydrogen) atoms. The number of thioether (sulfide) groups is 1. The summed E-state index contributed by atoms with van der Waals surface area (Å²) in [5.74, 6) is 2.37. The van der Waals surface area contributed by atoms with E-state index in [-0.39, 0.29) is 17.8 Å². The van der Waals surface area contributed by atoms with E-state index in [2.05, 4.69) is 15.2 Å². The average molecular weight is 409 g/mol. The van der Waals surface area contributed by atoms with Gasteiger partial charge in [0, 0.05) is 57.9 Å². The number of aliphatic imine (C=N–C) groups is 1. The number of carbonyl (C=O) groups is 1. The molecule has 1 aromatic rings. The molecular weight excluding hydrogens is 379 g/mol. The number of amides is 1. The van der Waals surface area contributed by atoms with Gasteiger partial charge < -0.3 is 19.9 Å². The fourth-order valence-corrected chi connectivity index (χ4v) is 4.32. The summed E-state index contributed by atoms with van der Waals surface area (Å²) in [5.41, 5.74) is 0.740. The largest absolute Gasteiger partial charge is 0.368 e. The van der Waals surface area contributed by atoms with E-state index < -0.39 is 0 Å². The summed E-state index contributed by atoms with van der Waals surface area (Å²) < 4.78 is 19.1. The van der Waals surface area contributed by atoms with E-state index in [0.29, 0.717) is 25.4 Å². The van der Waals surface area contributed by atoms with Gasteiger partial charge in [0.05, 0.1) is 0 Å². The number of rotatable bonds is 6. The molecule has 154 valence electrons. The van der Waals surface area contributed by atoms with Gasteiger partial charge in [0.25, 0.3) is 5.91 Å². The molecule has 2 aliphatic rings. The average Bonchev–Trinajstić information content (AvgIpc) is 3.26. The number of nitrogens with zero attached hydrogens (tertiary/aromatic N) is 3. The molecule has 0 aromatic heterocycles. The van der Waals surface area contributed by atoms with Crippen LogP contribution in [0.25, 0.3) is 0 Å². The van der Waals surface area contributed by atoms with Gasteiger partial charge in [-0.3, -0.25) is 9.79 Å². The van der Waals surface area contributed by atoms with Crippen LogP contribution in [0.5, 0.6) is 0 Å². The zero-order chi connectivity index (χ0) is 19.8. The Hall–Kier alpha value is -1.80. The highest BCUT2D eigenvalue weighted by Gasteiger charge is 2.30. The van der Waals surface area contributed by atoms with Crippen LogP contribution in [0.1, 0.15) is 18.4 Å². The van der Waals surface area contributed by atoms with E-state index in [1.54, 1.807) is 24.9 Å². The molecule has 2 heterocycles. The molecule has 2 saturated heterocycles. The van der Waals surface area contributed by atoms with E-state index >= 15 is 0 Å². The highest BCUT2D eigenvalue weighted by atomic mass is 32.2. The van der Waals surface area contributed by atoms with Crippen LogP contribution in [0.15, 0.2) is 29.3 Å². The maximum atomic E-state index is 13.6. The topological polar surface area (TPSA) is 57.2 Å². The lowest BCUT2D eigenvalue weighted by molar-refractivity contribution is -0.142. The van der Waals surface area contributed by atoms with Crippen molar-refractivity contribution < 1.29 is 13.9 Å². The molecule has 1 N–H and O–H groups in total. The third-order valence-electron chi connectivity index (χ3n) is 5.05. The normalized spacial score (nSPS) is 20.5. The zero-order valence-corrected chi connectivity index (χ0v) is 17.2. The van der Waals surface area contributed by atoms with E-state index in [1.807, 2.05) is 17.0 Å². The number of benzene rings is 1. The first kappa shape index (κ1) is 20.9. The van der Waals surface area contributed by atoms with E-state index in [1.165, 1.54) is 6.07 Å². The van der Waals surface area contributed by atoms with Crippen molar-refractivity contribution in [1.29, 1.82) is 0 Å². The van der Waals surface area contributed by atoms with Gasteiger partial charge in [-0.05, 0) is 24.5 Å². The summed E-state index contributed by atoms with van der Waals surface area (Å²) >= 11 is 1.70. The van der Waals surface area contributed by atoms with Crippen LogP contribution in [0.4, 0.5) is 4.39 Å². The predicted octanol–water partition coefficient (Wildman–Crippen LogP) is 1.96. The summed E-state index contributed by atoms with van der Waals surface area (Å²) in [6.45, 7) is 4.38. The van der Waals surface area contributed by atoms with Crippen molar-refractivity contribution in [2.75, 3.05) is 52.1 Å². The molecule has 6 nitrogen and oxygen atoms in total. The standard InChI is InChI=1S/C20H29FN4O2S/c1-22-20(23-8-14-28-15-16-5-2-3-6-17(16)21)25-11-9-24(10-12-25)19(26)18-7-4-13-27-18/h2-3,5-6,18H,4,7-15H2,1H3,(H,22,23). The lowest BCUT2D eigenvalue weighted by atomic mass is 10.2. The Morgan fingerprint density at radius 1 is 1.29 bits per heavy atom. The van der Waals surface area contributed by atoms with Gasteiger partial charge in [-0.25, -0.2) is 4.39 Å². The Kier molecular flexibility index (Phi) is 7.97. The minimum atomic E-state index is -0.240. The van der Waals surface area contributed by atoms with Crippen molar-refractivity contribution in [3.05, 3.63) is 35.6 Å². The van der Waals surface area contributed by atoms with Gasteiger partial charge in [0.2, 0.25) is 0 Å². The van der Waals surface area contributed by atoms with Crippen LogP contribution in [-0.2, 0) is 15.3 Å². The molecule has 1 unspecified atom stereocenters. The molecule has 0 saturated carbocycles. The predicted molar refractivity (Wildman–Crippen MR) is 111 cm³/mol. The minimum Gasteiger partial charge on any atom is -0.368 e. The number of ether oxygens (including phenoxy) is 1. The lowest BCUT2D eigenvalue weighted by Crippen LogP contribution is -2.55. The second-order valence-electron chi connectivity index (χ2n) is 6.93. The number of guanidine groups is 1. The SMILES string of the molecule is CN=C(NCCSCc1ccccc1F)N1CCN(C(=O)C2CCCO2)CC1. The second kappa shape index (κ2) is 10.7. The van der Waals surface area contributed by atoms with Gasteiger partial charge >= 0.3 is 0 Å². The molecule has 0 spiro atoms. The Labute approximate surface area is 170 Å². The molecular formula is C20H29FN4O2S. The summed E-state index contributed by atoms with van der Waals surface area (Å²) in [4.78, 5) is 20.9. The molecule has 2 fully saturated rings. The van der Waals surface area contributed by atoms with Crippen LogP contribution in [-0.4, -0.2) is 79.9 Å². The molecule has 1 amide bonds. The van der Waals surface area contributed by atoms with Gasteiger partial charge in [0.1, 0.15) is 11.9 Å². The molecule has 0 bridgehead atoms. The number of carbonyl (C=O) groups excluding carboxylic acids is 1. The van der Waals surface area contributed by atoms with Crippen LogP contribution >= 0.6 is 11.8 Å². The maximum Gasteiger partial charge on any atom is 0.251 e.